The molecule has 0 aromatic heterocycles. The first-order chi connectivity index (χ1) is 9.22. The highest BCUT2D eigenvalue weighted by Crippen LogP contribution is 2.44. The number of amides is 1. The highest BCUT2D eigenvalue weighted by atomic mass is 16.6. The Bertz CT molecular complexity index is 314. The number of ether oxygens (including phenoxy) is 1. The average Bonchev–Trinajstić information content (AvgIpc) is 2.35. The van der Waals surface area contributed by atoms with Gasteiger partial charge in [0.1, 0.15) is 0 Å². The van der Waals surface area contributed by atoms with E-state index in [1.165, 1.54) is 0 Å². The molecule has 0 unspecified atom stereocenters. The van der Waals surface area contributed by atoms with E-state index < -0.39 is 5.60 Å². The molecule has 5 heteroatoms. The molecule has 1 amide bonds. The van der Waals surface area contributed by atoms with Crippen molar-refractivity contribution in [2.24, 2.45) is 11.3 Å². The maximum atomic E-state index is 11.9. The predicted octanol–water partition coefficient (Wildman–Crippen LogP) is 2.01. The van der Waals surface area contributed by atoms with Crippen molar-refractivity contribution in [3.05, 3.63) is 0 Å². The van der Waals surface area contributed by atoms with Crippen molar-refractivity contribution in [3.63, 3.8) is 0 Å². The molecule has 1 heterocycles. The van der Waals surface area contributed by atoms with Gasteiger partial charge in [-0.3, -0.25) is 0 Å². The fourth-order valence-electron chi connectivity index (χ4n) is 2.83. The zero-order chi connectivity index (χ0) is 15.4. The summed E-state index contributed by atoms with van der Waals surface area (Å²) in [7, 11) is 0. The molecule has 1 aliphatic heterocycles. The Morgan fingerprint density at radius 1 is 1.35 bits per heavy atom. The number of hydrogen-bond acceptors (Lipinski definition) is 4. The lowest BCUT2D eigenvalue weighted by Gasteiger charge is -2.48. The Morgan fingerprint density at radius 3 is 2.30 bits per heavy atom. The van der Waals surface area contributed by atoms with E-state index in [4.69, 9.17) is 4.74 Å². The minimum Gasteiger partial charge on any atom is -0.449 e. The molecule has 0 aliphatic carbocycles. The van der Waals surface area contributed by atoms with Crippen LogP contribution in [0.4, 0.5) is 4.79 Å². The number of carbonyl (C=O) groups excluding carboxylic acids is 1. The third kappa shape index (κ3) is 4.09. The minimum absolute atomic E-state index is 0.0573. The molecule has 0 spiro atoms. The number of hydrogen-bond donors (Lipinski definition) is 2. The standard InChI is InChI=1S/C15H29NO4/c1-12(2)11-20-13(18)16-8-5-15(6-9-16,7-10-17)14(3,4)19/h12,17,19H,5-11H2,1-4H3. The average molecular weight is 287 g/mol. The molecule has 5 nitrogen and oxygen atoms in total. The van der Waals surface area contributed by atoms with Gasteiger partial charge in [0.2, 0.25) is 0 Å². The number of piperidine rings is 1. The monoisotopic (exact) mass is 287 g/mol. The van der Waals surface area contributed by atoms with Crippen molar-refractivity contribution in [3.8, 4) is 0 Å². The van der Waals surface area contributed by atoms with Gasteiger partial charge in [-0.15, -0.1) is 0 Å². The second-order valence-corrected chi connectivity index (χ2v) is 6.77. The van der Waals surface area contributed by atoms with E-state index in [1.54, 1.807) is 18.7 Å². The third-order valence-electron chi connectivity index (χ3n) is 4.41. The lowest BCUT2D eigenvalue weighted by atomic mass is 9.65. The molecule has 0 saturated carbocycles. The lowest BCUT2D eigenvalue weighted by Crippen LogP contribution is -2.52. The van der Waals surface area contributed by atoms with Gasteiger partial charge >= 0.3 is 6.09 Å². The Hall–Kier alpha value is -0.810. The molecule has 0 aromatic rings. The topological polar surface area (TPSA) is 70.0 Å². The summed E-state index contributed by atoms with van der Waals surface area (Å²) in [5.41, 5.74) is -1.18. The van der Waals surface area contributed by atoms with Gasteiger partial charge in [-0.1, -0.05) is 13.8 Å². The molecule has 118 valence electrons. The normalized spacial score (nSPS) is 19.2. The van der Waals surface area contributed by atoms with Crippen molar-refractivity contribution in [2.75, 3.05) is 26.3 Å². The van der Waals surface area contributed by atoms with E-state index in [0.29, 0.717) is 44.9 Å². The molecule has 1 saturated heterocycles. The van der Waals surface area contributed by atoms with Crippen LogP contribution in [0.2, 0.25) is 0 Å². The summed E-state index contributed by atoms with van der Waals surface area (Å²) < 4.78 is 5.23. The van der Waals surface area contributed by atoms with E-state index in [9.17, 15) is 15.0 Å². The number of carbonyl (C=O) groups is 1. The first-order valence-corrected chi connectivity index (χ1v) is 7.47. The third-order valence-corrected chi connectivity index (χ3v) is 4.41. The summed E-state index contributed by atoms with van der Waals surface area (Å²) in [6.07, 6.45) is 1.67. The van der Waals surface area contributed by atoms with Crippen molar-refractivity contribution in [1.29, 1.82) is 0 Å². The first kappa shape index (κ1) is 17.2. The smallest absolute Gasteiger partial charge is 0.409 e. The summed E-state index contributed by atoms with van der Waals surface area (Å²) in [5.74, 6) is 0.327. The Balaban J connectivity index is 2.58. The van der Waals surface area contributed by atoms with E-state index in [-0.39, 0.29) is 18.1 Å². The zero-order valence-electron chi connectivity index (χ0n) is 13.2. The van der Waals surface area contributed by atoms with E-state index in [1.807, 2.05) is 13.8 Å². The molecule has 1 fully saturated rings. The molecular weight excluding hydrogens is 258 g/mol. The van der Waals surface area contributed by atoms with Crippen molar-refractivity contribution >= 4 is 6.09 Å². The van der Waals surface area contributed by atoms with Gasteiger partial charge in [-0.2, -0.15) is 0 Å². The molecule has 2 N–H and O–H groups in total. The van der Waals surface area contributed by atoms with Gasteiger partial charge in [0.25, 0.3) is 0 Å². The zero-order valence-corrected chi connectivity index (χ0v) is 13.2. The quantitative estimate of drug-likeness (QED) is 0.811. The molecule has 1 aliphatic rings. The number of nitrogens with zero attached hydrogens (tertiary/aromatic N) is 1. The maximum absolute atomic E-state index is 11.9. The Morgan fingerprint density at radius 2 is 1.90 bits per heavy atom. The highest BCUT2D eigenvalue weighted by Gasteiger charge is 2.46. The van der Waals surface area contributed by atoms with Gasteiger partial charge in [0, 0.05) is 25.1 Å². The molecule has 1 rings (SSSR count). The van der Waals surface area contributed by atoms with Crippen LogP contribution >= 0.6 is 0 Å². The van der Waals surface area contributed by atoms with E-state index in [2.05, 4.69) is 0 Å². The Kier molecular flexibility index (Phi) is 5.83. The van der Waals surface area contributed by atoms with Crippen LogP contribution in [0.1, 0.15) is 47.0 Å². The largest absolute Gasteiger partial charge is 0.449 e. The van der Waals surface area contributed by atoms with Gasteiger partial charge in [0.05, 0.1) is 12.2 Å². The van der Waals surface area contributed by atoms with Crippen molar-refractivity contribution in [2.45, 2.75) is 52.6 Å². The summed E-state index contributed by atoms with van der Waals surface area (Å²) in [5, 5.41) is 19.6. The van der Waals surface area contributed by atoms with Gasteiger partial charge in [-0.25, -0.2) is 4.79 Å². The van der Waals surface area contributed by atoms with Crippen LogP contribution in [-0.4, -0.2) is 53.1 Å². The van der Waals surface area contributed by atoms with Crippen LogP contribution in [0.3, 0.4) is 0 Å². The van der Waals surface area contributed by atoms with Crippen molar-refractivity contribution < 1.29 is 19.7 Å². The molecule has 20 heavy (non-hydrogen) atoms. The summed E-state index contributed by atoms with van der Waals surface area (Å²) in [6, 6.07) is 0. The van der Waals surface area contributed by atoms with Gasteiger partial charge in [0.15, 0.2) is 0 Å². The number of aliphatic hydroxyl groups excluding tert-OH is 1. The fraction of sp³-hybridized carbons (Fsp3) is 0.933. The fourth-order valence-corrected chi connectivity index (χ4v) is 2.83. The Labute approximate surface area is 121 Å². The number of rotatable bonds is 5. The number of aliphatic hydroxyl groups is 2. The summed E-state index contributed by atoms with van der Waals surface area (Å²) in [6.45, 7) is 9.21. The predicted molar refractivity (Wildman–Crippen MR) is 77.4 cm³/mol. The van der Waals surface area contributed by atoms with Crippen LogP contribution in [0, 0.1) is 11.3 Å². The molecule has 0 aromatic carbocycles. The maximum Gasteiger partial charge on any atom is 0.409 e. The van der Waals surface area contributed by atoms with Gasteiger partial charge in [-0.05, 0) is 39.0 Å². The van der Waals surface area contributed by atoms with Crippen LogP contribution in [0.5, 0.6) is 0 Å². The van der Waals surface area contributed by atoms with E-state index in [0.717, 1.165) is 0 Å². The highest BCUT2D eigenvalue weighted by molar-refractivity contribution is 5.67. The first-order valence-electron chi connectivity index (χ1n) is 7.47. The van der Waals surface area contributed by atoms with Gasteiger partial charge < -0.3 is 19.8 Å². The lowest BCUT2D eigenvalue weighted by molar-refractivity contribution is -0.0973. The van der Waals surface area contributed by atoms with Crippen molar-refractivity contribution in [1.82, 2.24) is 4.90 Å². The summed E-state index contributed by atoms with van der Waals surface area (Å²) >= 11 is 0. The second-order valence-electron chi connectivity index (χ2n) is 6.77. The van der Waals surface area contributed by atoms with Crippen LogP contribution in [0.25, 0.3) is 0 Å². The SMILES string of the molecule is CC(C)COC(=O)N1CCC(CCO)(C(C)(C)O)CC1. The summed E-state index contributed by atoms with van der Waals surface area (Å²) in [4.78, 5) is 13.6. The van der Waals surface area contributed by atoms with Crippen LogP contribution in [-0.2, 0) is 4.74 Å². The minimum atomic E-state index is -0.857. The van der Waals surface area contributed by atoms with Crippen LogP contribution in [0.15, 0.2) is 0 Å². The molecule has 0 radical (unpaired) electrons. The van der Waals surface area contributed by atoms with Crippen LogP contribution < -0.4 is 0 Å². The number of likely N-dealkylation sites (tertiary alicyclic amines) is 1. The molecule has 0 atom stereocenters. The molecular formula is C15H29NO4. The van der Waals surface area contributed by atoms with E-state index >= 15 is 0 Å². The molecule has 0 bridgehead atoms. The second kappa shape index (κ2) is 6.76.